The lowest BCUT2D eigenvalue weighted by molar-refractivity contribution is 0.0965. The first-order valence-corrected chi connectivity index (χ1v) is 7.81. The van der Waals surface area contributed by atoms with E-state index >= 15 is 0 Å². The van der Waals surface area contributed by atoms with E-state index in [-0.39, 0.29) is 6.10 Å². The normalized spacial score (nSPS) is 16.4. The Balaban J connectivity index is 1.50. The van der Waals surface area contributed by atoms with Crippen molar-refractivity contribution in [3.8, 4) is 5.75 Å². The predicted octanol–water partition coefficient (Wildman–Crippen LogP) is 3.54. The molecule has 0 unspecified atom stereocenters. The van der Waals surface area contributed by atoms with Crippen molar-refractivity contribution in [2.24, 2.45) is 0 Å². The molecule has 3 rings (SSSR count). The van der Waals surface area contributed by atoms with Crippen molar-refractivity contribution in [2.45, 2.75) is 25.5 Å². The van der Waals surface area contributed by atoms with Gasteiger partial charge < -0.3 is 4.74 Å². The van der Waals surface area contributed by atoms with E-state index in [0.717, 1.165) is 44.5 Å². The molecule has 3 nitrogen and oxygen atoms in total. The van der Waals surface area contributed by atoms with Gasteiger partial charge in [0.2, 0.25) is 0 Å². The average molecular weight is 295 g/mol. The second-order valence-corrected chi connectivity index (χ2v) is 5.77. The highest BCUT2D eigenvalue weighted by Crippen LogP contribution is 2.20. The number of ether oxygens (including phenoxy) is 1. The van der Waals surface area contributed by atoms with Gasteiger partial charge in [-0.05, 0) is 30.5 Å². The zero-order valence-corrected chi connectivity index (χ0v) is 12.7. The van der Waals surface area contributed by atoms with Crippen molar-refractivity contribution in [1.29, 1.82) is 0 Å². The molecule has 0 spiro atoms. The van der Waals surface area contributed by atoms with Gasteiger partial charge in [0, 0.05) is 25.2 Å². The molecular formula is C19H21NO2. The fraction of sp³-hybridized carbons (Fsp3) is 0.316. The van der Waals surface area contributed by atoms with Crippen molar-refractivity contribution >= 4 is 6.29 Å². The van der Waals surface area contributed by atoms with Gasteiger partial charge in [-0.25, -0.2) is 0 Å². The van der Waals surface area contributed by atoms with Crippen molar-refractivity contribution in [3.63, 3.8) is 0 Å². The third-order valence-electron chi connectivity index (χ3n) is 4.08. The molecule has 0 bridgehead atoms. The molecule has 22 heavy (non-hydrogen) atoms. The minimum atomic E-state index is 0.244. The van der Waals surface area contributed by atoms with E-state index in [1.54, 1.807) is 6.07 Å². The van der Waals surface area contributed by atoms with E-state index in [0.29, 0.717) is 5.56 Å². The summed E-state index contributed by atoms with van der Waals surface area (Å²) in [6.45, 7) is 3.11. The minimum Gasteiger partial charge on any atom is -0.490 e. The summed E-state index contributed by atoms with van der Waals surface area (Å²) in [5.41, 5.74) is 2.03. The molecule has 0 aliphatic carbocycles. The van der Waals surface area contributed by atoms with Gasteiger partial charge >= 0.3 is 0 Å². The van der Waals surface area contributed by atoms with Crippen LogP contribution in [-0.2, 0) is 6.54 Å². The summed E-state index contributed by atoms with van der Waals surface area (Å²) in [4.78, 5) is 13.3. The summed E-state index contributed by atoms with van der Waals surface area (Å²) in [5.74, 6) is 0.797. The Bertz CT molecular complexity index is 604. The third kappa shape index (κ3) is 3.95. The van der Waals surface area contributed by atoms with Crippen LogP contribution in [0, 0.1) is 0 Å². The lowest BCUT2D eigenvalue weighted by atomic mass is 10.1. The van der Waals surface area contributed by atoms with Crippen LogP contribution in [0.25, 0.3) is 0 Å². The lowest BCUT2D eigenvalue weighted by Crippen LogP contribution is -2.37. The highest BCUT2D eigenvalue weighted by molar-refractivity contribution is 5.75. The van der Waals surface area contributed by atoms with Gasteiger partial charge in [-0.3, -0.25) is 9.69 Å². The summed E-state index contributed by atoms with van der Waals surface area (Å²) in [7, 11) is 0. The molecule has 1 saturated heterocycles. The number of likely N-dealkylation sites (tertiary alicyclic amines) is 1. The van der Waals surface area contributed by atoms with Gasteiger partial charge in [0.25, 0.3) is 0 Å². The van der Waals surface area contributed by atoms with Crippen LogP contribution in [0.5, 0.6) is 5.75 Å². The summed E-state index contributed by atoms with van der Waals surface area (Å²) < 4.78 is 6.01. The molecular weight excluding hydrogens is 274 g/mol. The highest BCUT2D eigenvalue weighted by atomic mass is 16.5. The van der Waals surface area contributed by atoms with Crippen LogP contribution in [-0.4, -0.2) is 30.4 Å². The van der Waals surface area contributed by atoms with Crippen LogP contribution >= 0.6 is 0 Å². The van der Waals surface area contributed by atoms with Gasteiger partial charge in [-0.1, -0.05) is 42.5 Å². The third-order valence-corrected chi connectivity index (χ3v) is 4.08. The van der Waals surface area contributed by atoms with Crippen LogP contribution in [0.1, 0.15) is 28.8 Å². The molecule has 1 aliphatic rings. The average Bonchev–Trinajstić information content (AvgIpc) is 2.58. The van der Waals surface area contributed by atoms with Crippen molar-refractivity contribution in [1.82, 2.24) is 4.90 Å². The quantitative estimate of drug-likeness (QED) is 0.790. The molecule has 0 amide bonds. The Labute approximate surface area is 131 Å². The Morgan fingerprint density at radius 1 is 1.05 bits per heavy atom. The van der Waals surface area contributed by atoms with Crippen molar-refractivity contribution in [3.05, 3.63) is 65.7 Å². The molecule has 0 radical (unpaired) electrons. The second kappa shape index (κ2) is 7.23. The van der Waals surface area contributed by atoms with Crippen molar-refractivity contribution in [2.75, 3.05) is 13.1 Å². The molecule has 1 heterocycles. The smallest absolute Gasteiger partial charge is 0.150 e. The maximum atomic E-state index is 10.8. The van der Waals surface area contributed by atoms with E-state index in [2.05, 4.69) is 35.2 Å². The number of benzene rings is 2. The molecule has 0 saturated carbocycles. The van der Waals surface area contributed by atoms with E-state index in [1.165, 1.54) is 5.56 Å². The van der Waals surface area contributed by atoms with Crippen LogP contribution in [0.2, 0.25) is 0 Å². The Hall–Kier alpha value is -2.13. The number of rotatable bonds is 5. The standard InChI is InChI=1S/C19H21NO2/c21-15-17-7-4-8-19(13-17)22-18-9-11-20(12-10-18)14-16-5-2-1-3-6-16/h1-8,13,15,18H,9-12,14H2. The molecule has 2 aromatic carbocycles. The molecule has 0 N–H and O–H groups in total. The molecule has 2 aromatic rings. The first kappa shape index (κ1) is 14.8. The summed E-state index contributed by atoms with van der Waals surface area (Å²) in [6.07, 6.45) is 3.15. The first-order chi connectivity index (χ1) is 10.8. The lowest BCUT2D eigenvalue weighted by Gasteiger charge is -2.32. The Morgan fingerprint density at radius 3 is 2.55 bits per heavy atom. The van der Waals surface area contributed by atoms with Gasteiger partial charge in [-0.15, -0.1) is 0 Å². The number of piperidine rings is 1. The van der Waals surface area contributed by atoms with Crippen LogP contribution in [0.4, 0.5) is 0 Å². The highest BCUT2D eigenvalue weighted by Gasteiger charge is 2.20. The van der Waals surface area contributed by atoms with Crippen LogP contribution in [0.3, 0.4) is 0 Å². The second-order valence-electron chi connectivity index (χ2n) is 5.77. The zero-order chi connectivity index (χ0) is 15.2. The van der Waals surface area contributed by atoms with Gasteiger partial charge in [0.15, 0.2) is 0 Å². The van der Waals surface area contributed by atoms with Crippen molar-refractivity contribution < 1.29 is 9.53 Å². The number of carbonyl (C=O) groups excluding carboxylic acids is 1. The number of carbonyl (C=O) groups is 1. The number of nitrogens with zero attached hydrogens (tertiary/aromatic N) is 1. The number of hydrogen-bond donors (Lipinski definition) is 0. The van der Waals surface area contributed by atoms with E-state index in [4.69, 9.17) is 4.74 Å². The monoisotopic (exact) mass is 295 g/mol. The molecule has 1 aliphatic heterocycles. The Kier molecular flexibility index (Phi) is 4.86. The van der Waals surface area contributed by atoms with E-state index in [1.807, 2.05) is 18.2 Å². The van der Waals surface area contributed by atoms with E-state index < -0.39 is 0 Å². The maximum Gasteiger partial charge on any atom is 0.150 e. The fourth-order valence-electron chi connectivity index (χ4n) is 2.88. The minimum absolute atomic E-state index is 0.244. The largest absolute Gasteiger partial charge is 0.490 e. The summed E-state index contributed by atoms with van der Waals surface area (Å²) in [5, 5.41) is 0. The first-order valence-electron chi connectivity index (χ1n) is 7.81. The topological polar surface area (TPSA) is 29.5 Å². The van der Waals surface area contributed by atoms with Gasteiger partial charge in [-0.2, -0.15) is 0 Å². The van der Waals surface area contributed by atoms with Gasteiger partial charge in [0.1, 0.15) is 18.1 Å². The van der Waals surface area contributed by atoms with Crippen LogP contribution < -0.4 is 4.74 Å². The number of aldehydes is 1. The summed E-state index contributed by atoms with van der Waals surface area (Å²) >= 11 is 0. The molecule has 3 heteroatoms. The summed E-state index contributed by atoms with van der Waals surface area (Å²) in [6, 6.07) is 18.0. The fourth-order valence-corrected chi connectivity index (χ4v) is 2.88. The number of hydrogen-bond acceptors (Lipinski definition) is 3. The van der Waals surface area contributed by atoms with E-state index in [9.17, 15) is 4.79 Å². The zero-order valence-electron chi connectivity index (χ0n) is 12.7. The Morgan fingerprint density at radius 2 is 1.82 bits per heavy atom. The molecule has 0 aromatic heterocycles. The SMILES string of the molecule is O=Cc1cccc(OC2CCN(Cc3ccccc3)CC2)c1. The molecule has 114 valence electrons. The maximum absolute atomic E-state index is 10.8. The molecule has 1 fully saturated rings. The molecule has 0 atom stereocenters. The van der Waals surface area contributed by atoms with Gasteiger partial charge in [0.05, 0.1) is 0 Å². The predicted molar refractivity (Wildman–Crippen MR) is 87.2 cm³/mol. The van der Waals surface area contributed by atoms with Crippen LogP contribution in [0.15, 0.2) is 54.6 Å².